The van der Waals surface area contributed by atoms with Crippen LogP contribution in [0, 0.1) is 19.8 Å². The van der Waals surface area contributed by atoms with Crippen molar-refractivity contribution in [1.29, 1.82) is 0 Å². The number of fused-ring (bicyclic) bond motifs is 1. The summed E-state index contributed by atoms with van der Waals surface area (Å²) >= 11 is 0. The number of amides is 1. The molecule has 2 aliphatic rings. The Labute approximate surface area is 195 Å². The zero-order valence-electron chi connectivity index (χ0n) is 19.5. The Morgan fingerprint density at radius 1 is 1.12 bits per heavy atom. The molecule has 2 aromatic carbocycles. The third-order valence-electron chi connectivity index (χ3n) is 7.15. The highest BCUT2D eigenvalue weighted by molar-refractivity contribution is 5.93. The minimum absolute atomic E-state index is 0.0500. The van der Waals surface area contributed by atoms with Crippen LogP contribution in [0.3, 0.4) is 0 Å². The normalized spacial score (nSPS) is 18.7. The number of nitrogens with zero attached hydrogens (tertiary/aromatic N) is 3. The summed E-state index contributed by atoms with van der Waals surface area (Å²) in [5, 5.41) is 4.76. The lowest BCUT2D eigenvalue weighted by atomic mass is 10.0. The number of piperazine rings is 1. The van der Waals surface area contributed by atoms with Gasteiger partial charge >= 0.3 is 0 Å². The first-order valence-electron chi connectivity index (χ1n) is 11.9. The number of carbonyl (C=O) groups excluding carboxylic acids is 1. The van der Waals surface area contributed by atoms with Crippen LogP contribution in [0.5, 0.6) is 0 Å². The van der Waals surface area contributed by atoms with E-state index >= 15 is 0 Å². The van der Waals surface area contributed by atoms with Gasteiger partial charge in [-0.1, -0.05) is 18.2 Å². The summed E-state index contributed by atoms with van der Waals surface area (Å²) in [5.74, 6) is 0.307. The lowest BCUT2D eigenvalue weighted by molar-refractivity contribution is -0.135. The minimum atomic E-state index is 0.0500. The summed E-state index contributed by atoms with van der Waals surface area (Å²) in [7, 11) is 0. The molecule has 5 rings (SSSR count). The van der Waals surface area contributed by atoms with Crippen molar-refractivity contribution >= 4 is 28.2 Å². The molecule has 6 nitrogen and oxygen atoms in total. The quantitative estimate of drug-likeness (QED) is 0.641. The summed E-state index contributed by atoms with van der Waals surface area (Å²) in [5.41, 5.74) is 7.22. The largest absolute Gasteiger partial charge is 0.381 e. The maximum atomic E-state index is 12.7. The fourth-order valence-electron chi connectivity index (χ4n) is 4.85. The monoisotopic (exact) mass is 444 g/mol. The summed E-state index contributed by atoms with van der Waals surface area (Å²) in [4.78, 5) is 21.7. The molecule has 1 unspecified atom stereocenters. The van der Waals surface area contributed by atoms with Crippen LogP contribution in [0.2, 0.25) is 0 Å². The van der Waals surface area contributed by atoms with Crippen molar-refractivity contribution in [3.05, 3.63) is 65.4 Å². The Bertz CT molecular complexity index is 1150. The molecule has 3 aromatic rings. The van der Waals surface area contributed by atoms with E-state index < -0.39 is 0 Å². The van der Waals surface area contributed by atoms with Crippen LogP contribution < -0.4 is 10.2 Å². The van der Waals surface area contributed by atoms with E-state index in [1.165, 1.54) is 22.4 Å². The third-order valence-corrected chi connectivity index (χ3v) is 7.15. The molecule has 33 heavy (non-hydrogen) atoms. The Balaban J connectivity index is 1.30. The van der Waals surface area contributed by atoms with E-state index in [4.69, 9.17) is 4.74 Å². The molecule has 0 radical (unpaired) electrons. The predicted octanol–water partition coefficient (Wildman–Crippen LogP) is 4.15. The van der Waals surface area contributed by atoms with Gasteiger partial charge in [0, 0.05) is 62.3 Å². The second-order valence-electron chi connectivity index (χ2n) is 9.15. The average Bonchev–Trinajstić information content (AvgIpc) is 3.39. The zero-order valence-corrected chi connectivity index (χ0v) is 19.5. The molecule has 0 spiro atoms. The highest BCUT2D eigenvalue weighted by Gasteiger charge is 2.30. The van der Waals surface area contributed by atoms with Gasteiger partial charge < -0.3 is 19.9 Å². The van der Waals surface area contributed by atoms with Crippen LogP contribution in [0.4, 0.5) is 11.4 Å². The van der Waals surface area contributed by atoms with Gasteiger partial charge in [0.1, 0.15) is 0 Å². The van der Waals surface area contributed by atoms with Gasteiger partial charge in [0.2, 0.25) is 5.91 Å². The van der Waals surface area contributed by atoms with E-state index in [0.717, 1.165) is 55.7 Å². The number of anilines is 2. The van der Waals surface area contributed by atoms with Gasteiger partial charge in [-0.2, -0.15) is 0 Å². The van der Waals surface area contributed by atoms with Gasteiger partial charge in [-0.15, -0.1) is 0 Å². The van der Waals surface area contributed by atoms with Crippen LogP contribution in [-0.4, -0.2) is 55.2 Å². The molecule has 1 aromatic heterocycles. The van der Waals surface area contributed by atoms with E-state index in [-0.39, 0.29) is 11.8 Å². The molecule has 2 fully saturated rings. The molecule has 0 bridgehead atoms. The molecule has 2 aliphatic heterocycles. The van der Waals surface area contributed by atoms with E-state index in [1.54, 1.807) is 0 Å². The SMILES string of the molecule is Cc1cccc(CNc2ccnc3ccc(N4CCN(C(=O)C5CCOC5)CC4)cc23)c1C. The predicted molar refractivity (Wildman–Crippen MR) is 133 cm³/mol. The maximum Gasteiger partial charge on any atom is 0.228 e. The first kappa shape index (κ1) is 21.7. The van der Waals surface area contributed by atoms with E-state index in [1.807, 2.05) is 11.1 Å². The molecule has 0 saturated carbocycles. The Kier molecular flexibility index (Phi) is 6.18. The van der Waals surface area contributed by atoms with Crippen molar-refractivity contribution in [2.24, 2.45) is 5.92 Å². The zero-order chi connectivity index (χ0) is 22.8. The van der Waals surface area contributed by atoms with Crippen molar-refractivity contribution in [2.45, 2.75) is 26.8 Å². The number of pyridine rings is 1. The number of hydrogen-bond acceptors (Lipinski definition) is 5. The van der Waals surface area contributed by atoms with E-state index in [0.29, 0.717) is 13.2 Å². The number of ether oxygens (including phenoxy) is 1. The van der Waals surface area contributed by atoms with Gasteiger partial charge in [0.15, 0.2) is 0 Å². The maximum absolute atomic E-state index is 12.7. The lowest BCUT2D eigenvalue weighted by Gasteiger charge is -2.37. The molecule has 2 saturated heterocycles. The van der Waals surface area contributed by atoms with Crippen LogP contribution in [0.15, 0.2) is 48.7 Å². The number of nitrogens with one attached hydrogen (secondary N) is 1. The molecule has 1 N–H and O–H groups in total. The third kappa shape index (κ3) is 4.53. The van der Waals surface area contributed by atoms with Crippen LogP contribution in [0.25, 0.3) is 10.9 Å². The molecule has 1 atom stereocenters. The van der Waals surface area contributed by atoms with Gasteiger partial charge in [-0.25, -0.2) is 0 Å². The molecule has 3 heterocycles. The highest BCUT2D eigenvalue weighted by atomic mass is 16.5. The standard InChI is InChI=1S/C27H32N4O2/c1-19-4-3-5-21(20(19)2)17-29-26-8-10-28-25-7-6-23(16-24(25)26)30-11-13-31(14-12-30)27(32)22-9-15-33-18-22/h3-8,10,16,22H,9,11-15,17-18H2,1-2H3,(H,28,29). The van der Waals surface area contributed by atoms with Crippen molar-refractivity contribution in [2.75, 3.05) is 49.6 Å². The van der Waals surface area contributed by atoms with Crippen molar-refractivity contribution in [1.82, 2.24) is 9.88 Å². The summed E-state index contributed by atoms with van der Waals surface area (Å²) in [6, 6.07) is 15.0. The second kappa shape index (κ2) is 9.40. The first-order valence-corrected chi connectivity index (χ1v) is 11.9. The number of rotatable bonds is 5. The fraction of sp³-hybridized carbons (Fsp3) is 0.407. The fourth-order valence-corrected chi connectivity index (χ4v) is 4.85. The Morgan fingerprint density at radius 2 is 1.97 bits per heavy atom. The molecule has 172 valence electrons. The molecular weight excluding hydrogens is 412 g/mol. The smallest absolute Gasteiger partial charge is 0.228 e. The van der Waals surface area contributed by atoms with Gasteiger partial charge in [0.25, 0.3) is 0 Å². The van der Waals surface area contributed by atoms with Crippen molar-refractivity contribution in [3.8, 4) is 0 Å². The Hall–Kier alpha value is -3.12. The van der Waals surface area contributed by atoms with Gasteiger partial charge in [-0.3, -0.25) is 9.78 Å². The van der Waals surface area contributed by atoms with Gasteiger partial charge in [-0.05, 0) is 61.2 Å². The van der Waals surface area contributed by atoms with Crippen molar-refractivity contribution < 1.29 is 9.53 Å². The lowest BCUT2D eigenvalue weighted by Crippen LogP contribution is -2.50. The summed E-state index contributed by atoms with van der Waals surface area (Å²) < 4.78 is 5.40. The molecule has 0 aliphatic carbocycles. The number of carbonyl (C=O) groups is 1. The molecule has 6 heteroatoms. The second-order valence-corrected chi connectivity index (χ2v) is 9.15. The minimum Gasteiger partial charge on any atom is -0.381 e. The van der Waals surface area contributed by atoms with E-state index in [2.05, 4.69) is 71.5 Å². The number of hydrogen-bond donors (Lipinski definition) is 1. The first-order chi connectivity index (χ1) is 16.1. The Morgan fingerprint density at radius 3 is 2.76 bits per heavy atom. The van der Waals surface area contributed by atoms with Crippen LogP contribution in [-0.2, 0) is 16.1 Å². The van der Waals surface area contributed by atoms with Gasteiger partial charge in [0.05, 0.1) is 18.0 Å². The highest BCUT2D eigenvalue weighted by Crippen LogP contribution is 2.28. The average molecular weight is 445 g/mol. The van der Waals surface area contributed by atoms with Crippen molar-refractivity contribution in [3.63, 3.8) is 0 Å². The number of aryl methyl sites for hydroxylation is 1. The number of aromatic nitrogens is 1. The molecule has 1 amide bonds. The number of benzene rings is 2. The topological polar surface area (TPSA) is 57.7 Å². The van der Waals surface area contributed by atoms with Crippen LogP contribution in [0.1, 0.15) is 23.1 Å². The molecular formula is C27H32N4O2. The van der Waals surface area contributed by atoms with Crippen LogP contribution >= 0.6 is 0 Å². The summed E-state index contributed by atoms with van der Waals surface area (Å²) in [6.07, 6.45) is 2.72. The van der Waals surface area contributed by atoms with E-state index in [9.17, 15) is 4.79 Å². The summed E-state index contributed by atoms with van der Waals surface area (Å²) in [6.45, 7) is 9.61.